The summed E-state index contributed by atoms with van der Waals surface area (Å²) in [5, 5.41) is 3.02. The van der Waals surface area contributed by atoms with Crippen molar-refractivity contribution in [2.24, 2.45) is 0 Å². The molecule has 2 aliphatic rings. The Hall–Kier alpha value is -2.56. The summed E-state index contributed by atoms with van der Waals surface area (Å²) < 4.78 is 25.8. The number of hydrogen-bond donors (Lipinski definition) is 1. The lowest BCUT2D eigenvalue weighted by Gasteiger charge is -2.40. The molecule has 4 rings (SSSR count). The maximum Gasteiger partial charge on any atom is 0.254 e. The summed E-state index contributed by atoms with van der Waals surface area (Å²) in [5.41, 5.74) is 0.717. The summed E-state index contributed by atoms with van der Waals surface area (Å²) in [6, 6.07) is 12.2. The Labute approximate surface area is 152 Å². The molecule has 0 aromatic heterocycles. The number of hydrogen-bond acceptors (Lipinski definition) is 3. The van der Waals surface area contributed by atoms with Gasteiger partial charge in [-0.1, -0.05) is 24.3 Å². The minimum Gasteiger partial charge on any atom is -0.494 e. The summed E-state index contributed by atoms with van der Waals surface area (Å²) in [7, 11) is 1.39. The van der Waals surface area contributed by atoms with Gasteiger partial charge in [0.2, 0.25) is 0 Å². The van der Waals surface area contributed by atoms with Crippen LogP contribution in [0.2, 0.25) is 0 Å². The van der Waals surface area contributed by atoms with Crippen LogP contribution in [0.15, 0.2) is 42.5 Å². The minimum absolute atomic E-state index is 0.00575. The number of para-hydroxylation sites is 1. The summed E-state index contributed by atoms with van der Waals surface area (Å²) >= 11 is 0. The van der Waals surface area contributed by atoms with E-state index in [0.29, 0.717) is 6.42 Å². The molecule has 1 atom stereocenters. The predicted octanol–water partition coefficient (Wildman–Crippen LogP) is 4.40. The molecule has 1 aliphatic carbocycles. The van der Waals surface area contributed by atoms with Crippen LogP contribution in [0.25, 0.3) is 0 Å². The maximum absolute atomic E-state index is 14.5. The van der Waals surface area contributed by atoms with Crippen LogP contribution >= 0.6 is 0 Å². The molecule has 0 radical (unpaired) electrons. The number of nitrogens with one attached hydrogen (secondary N) is 1. The normalized spacial score (nSPS) is 20.3. The Kier molecular flexibility index (Phi) is 4.31. The number of rotatable bonds is 3. The first kappa shape index (κ1) is 16.9. The molecule has 1 N–H and O–H groups in total. The van der Waals surface area contributed by atoms with E-state index in [1.54, 1.807) is 6.07 Å². The van der Waals surface area contributed by atoms with Gasteiger partial charge in [-0.15, -0.1) is 0 Å². The van der Waals surface area contributed by atoms with Crippen LogP contribution < -0.4 is 14.8 Å². The molecule has 1 aliphatic heterocycles. The number of benzene rings is 2. The zero-order valence-electron chi connectivity index (χ0n) is 14.8. The van der Waals surface area contributed by atoms with Crippen molar-refractivity contribution in [1.82, 2.24) is 5.32 Å². The Balaban J connectivity index is 1.64. The molecule has 1 spiro atoms. The van der Waals surface area contributed by atoms with Gasteiger partial charge in [0.15, 0.2) is 11.6 Å². The molecular formula is C21H22FNO3. The Morgan fingerprint density at radius 3 is 2.73 bits per heavy atom. The first-order valence-corrected chi connectivity index (χ1v) is 9.03. The highest BCUT2D eigenvalue weighted by atomic mass is 19.1. The molecule has 4 nitrogen and oxygen atoms in total. The van der Waals surface area contributed by atoms with Crippen molar-refractivity contribution in [1.29, 1.82) is 0 Å². The van der Waals surface area contributed by atoms with Crippen LogP contribution in [0.3, 0.4) is 0 Å². The van der Waals surface area contributed by atoms with Gasteiger partial charge in [0.05, 0.1) is 18.7 Å². The Bertz CT molecular complexity index is 830. The smallest absolute Gasteiger partial charge is 0.254 e. The number of amides is 1. The van der Waals surface area contributed by atoms with Crippen molar-refractivity contribution in [3.8, 4) is 11.5 Å². The van der Waals surface area contributed by atoms with Gasteiger partial charge in [-0.2, -0.15) is 0 Å². The second-order valence-electron chi connectivity index (χ2n) is 7.08. The van der Waals surface area contributed by atoms with E-state index in [1.807, 2.05) is 24.3 Å². The number of fused-ring (bicyclic) bond motifs is 1. The number of methoxy groups -OCH3 is 1. The van der Waals surface area contributed by atoms with E-state index in [0.717, 1.165) is 37.0 Å². The zero-order chi connectivity index (χ0) is 18.1. The zero-order valence-corrected chi connectivity index (χ0v) is 14.8. The highest BCUT2D eigenvalue weighted by Crippen LogP contribution is 2.47. The third-order valence-corrected chi connectivity index (χ3v) is 5.44. The van der Waals surface area contributed by atoms with E-state index in [-0.39, 0.29) is 23.0 Å². The molecule has 0 bridgehead atoms. The van der Waals surface area contributed by atoms with Crippen molar-refractivity contribution in [3.63, 3.8) is 0 Å². The molecule has 0 unspecified atom stereocenters. The second-order valence-corrected chi connectivity index (χ2v) is 7.08. The highest BCUT2D eigenvalue weighted by molar-refractivity contribution is 5.95. The fourth-order valence-corrected chi connectivity index (χ4v) is 4.15. The van der Waals surface area contributed by atoms with Gasteiger partial charge in [-0.3, -0.25) is 4.79 Å². The molecule has 136 valence electrons. The average molecular weight is 355 g/mol. The lowest BCUT2D eigenvalue weighted by molar-refractivity contribution is 0.0360. The maximum atomic E-state index is 14.5. The van der Waals surface area contributed by atoms with Crippen molar-refractivity contribution < 1.29 is 18.7 Å². The van der Waals surface area contributed by atoms with Gasteiger partial charge in [0, 0.05) is 12.0 Å². The lowest BCUT2D eigenvalue weighted by atomic mass is 9.85. The fraction of sp³-hybridized carbons (Fsp3) is 0.381. The summed E-state index contributed by atoms with van der Waals surface area (Å²) in [6.45, 7) is 0. The average Bonchev–Trinajstić information content (AvgIpc) is 3.09. The molecular weight excluding hydrogens is 333 g/mol. The molecule has 2 aromatic rings. The van der Waals surface area contributed by atoms with Crippen LogP contribution in [-0.2, 0) is 0 Å². The summed E-state index contributed by atoms with van der Waals surface area (Å²) in [6.07, 6.45) is 4.95. The minimum atomic E-state index is -0.636. The molecule has 1 heterocycles. The van der Waals surface area contributed by atoms with E-state index >= 15 is 0 Å². The Morgan fingerprint density at radius 2 is 1.96 bits per heavy atom. The molecule has 26 heavy (non-hydrogen) atoms. The first-order valence-electron chi connectivity index (χ1n) is 9.03. The van der Waals surface area contributed by atoms with E-state index in [1.165, 1.54) is 19.2 Å². The third kappa shape index (κ3) is 2.91. The molecule has 1 fully saturated rings. The lowest BCUT2D eigenvalue weighted by Crippen LogP contribution is -2.43. The fourth-order valence-electron chi connectivity index (χ4n) is 4.15. The molecule has 0 saturated heterocycles. The molecule has 1 saturated carbocycles. The standard InChI is InChI=1S/C21H22FNO3/c1-25-18-10-6-8-15(19(18)22)20(24)23-16-13-21(11-4-5-12-21)26-17-9-3-2-7-14(16)17/h2-3,6-10,16H,4-5,11-13H2,1H3,(H,23,24)/t16-/m1/s1. The van der Waals surface area contributed by atoms with Crippen LogP contribution in [0.5, 0.6) is 11.5 Å². The second kappa shape index (κ2) is 6.63. The van der Waals surface area contributed by atoms with Crippen LogP contribution in [-0.4, -0.2) is 18.6 Å². The van der Waals surface area contributed by atoms with Gasteiger partial charge < -0.3 is 14.8 Å². The van der Waals surface area contributed by atoms with E-state index < -0.39 is 11.7 Å². The van der Waals surface area contributed by atoms with Crippen molar-refractivity contribution in [3.05, 3.63) is 59.4 Å². The third-order valence-electron chi connectivity index (χ3n) is 5.44. The number of carbonyl (C=O) groups is 1. The topological polar surface area (TPSA) is 47.6 Å². The molecule has 5 heteroatoms. The van der Waals surface area contributed by atoms with E-state index in [4.69, 9.17) is 9.47 Å². The van der Waals surface area contributed by atoms with Gasteiger partial charge >= 0.3 is 0 Å². The van der Waals surface area contributed by atoms with E-state index in [9.17, 15) is 9.18 Å². The molecule has 1 amide bonds. The van der Waals surface area contributed by atoms with Crippen LogP contribution in [0.1, 0.15) is 54.1 Å². The number of ether oxygens (including phenoxy) is 2. The van der Waals surface area contributed by atoms with Crippen LogP contribution in [0.4, 0.5) is 4.39 Å². The van der Waals surface area contributed by atoms with Crippen molar-refractivity contribution in [2.75, 3.05) is 7.11 Å². The van der Waals surface area contributed by atoms with Crippen molar-refractivity contribution in [2.45, 2.75) is 43.7 Å². The largest absolute Gasteiger partial charge is 0.494 e. The number of halogens is 1. The highest BCUT2D eigenvalue weighted by Gasteiger charge is 2.43. The number of carbonyl (C=O) groups excluding carboxylic acids is 1. The van der Waals surface area contributed by atoms with Gasteiger partial charge in [-0.05, 0) is 43.9 Å². The monoisotopic (exact) mass is 355 g/mol. The summed E-state index contributed by atoms with van der Waals surface area (Å²) in [5.74, 6) is -0.186. The predicted molar refractivity (Wildman–Crippen MR) is 96.0 cm³/mol. The molecule has 2 aromatic carbocycles. The van der Waals surface area contributed by atoms with Gasteiger partial charge in [0.1, 0.15) is 11.4 Å². The Morgan fingerprint density at radius 1 is 1.19 bits per heavy atom. The summed E-state index contributed by atoms with van der Waals surface area (Å²) in [4.78, 5) is 12.8. The quantitative estimate of drug-likeness (QED) is 0.888. The van der Waals surface area contributed by atoms with Gasteiger partial charge in [-0.25, -0.2) is 4.39 Å². The van der Waals surface area contributed by atoms with Crippen molar-refractivity contribution >= 4 is 5.91 Å². The van der Waals surface area contributed by atoms with Gasteiger partial charge in [0.25, 0.3) is 5.91 Å². The van der Waals surface area contributed by atoms with Crippen LogP contribution in [0, 0.1) is 5.82 Å². The van der Waals surface area contributed by atoms with E-state index in [2.05, 4.69) is 5.32 Å². The first-order chi connectivity index (χ1) is 12.6. The SMILES string of the molecule is COc1cccc(C(=O)N[C@@H]2CC3(CCCC3)Oc3ccccc32)c1F.